The molecule has 2 aromatic heterocycles. The first-order valence-corrected chi connectivity index (χ1v) is 15.7. The Kier molecular flexibility index (Phi) is 6.43. The van der Waals surface area contributed by atoms with Crippen molar-refractivity contribution in [1.82, 2.24) is 19.4 Å². The summed E-state index contributed by atoms with van der Waals surface area (Å²) in [6, 6.07) is 1.36. The van der Waals surface area contributed by atoms with Crippen molar-refractivity contribution >= 4 is 47.1 Å². The van der Waals surface area contributed by atoms with Crippen molar-refractivity contribution in [2.75, 3.05) is 11.5 Å². The minimum absolute atomic E-state index is 0.0558. The first-order chi connectivity index (χ1) is 15.0. The van der Waals surface area contributed by atoms with E-state index in [1.54, 1.807) is 11.6 Å². The van der Waals surface area contributed by atoms with Crippen LogP contribution in [0.5, 0.6) is 0 Å². The molecular weight excluding hydrogens is 494 g/mol. The Balaban J connectivity index is 1.63. The summed E-state index contributed by atoms with van der Waals surface area (Å²) >= 11 is 3.53. The molecule has 0 spiro atoms. The third-order valence-corrected chi connectivity index (χ3v) is 8.85. The van der Waals surface area contributed by atoms with E-state index in [1.807, 2.05) is 10.8 Å². The zero-order valence-corrected chi connectivity index (χ0v) is 21.7. The van der Waals surface area contributed by atoms with E-state index in [0.29, 0.717) is 34.8 Å². The Hall–Kier alpha value is -1.85. The van der Waals surface area contributed by atoms with Crippen molar-refractivity contribution in [1.29, 1.82) is 0 Å². The Labute approximate surface area is 196 Å². The third kappa shape index (κ3) is 4.60. The molecule has 3 atom stereocenters. The zero-order valence-electron chi connectivity index (χ0n) is 19.1. The van der Waals surface area contributed by atoms with Gasteiger partial charge in [0.05, 0.1) is 9.86 Å². The minimum Gasteiger partial charge on any atom is -0.465 e. The van der Waals surface area contributed by atoms with Crippen LogP contribution in [0.2, 0.25) is 25.7 Å². The molecule has 176 valence electrons. The minimum atomic E-state index is -1.18. The van der Waals surface area contributed by atoms with Crippen molar-refractivity contribution in [3.05, 3.63) is 21.0 Å². The van der Waals surface area contributed by atoms with E-state index in [1.165, 1.54) is 0 Å². The van der Waals surface area contributed by atoms with Gasteiger partial charge in [-0.05, 0) is 47.7 Å². The molecule has 2 bridgehead atoms. The molecule has 4 heterocycles. The Morgan fingerprint density at radius 2 is 1.97 bits per heavy atom. The number of hydrogen-bond donors (Lipinski definition) is 2. The number of fused-ring (bicyclic) bond motifs is 3. The maximum atomic E-state index is 13.3. The van der Waals surface area contributed by atoms with Gasteiger partial charge in [-0.25, -0.2) is 4.79 Å². The van der Waals surface area contributed by atoms with Crippen molar-refractivity contribution in [3.63, 3.8) is 0 Å². The number of halogens is 1. The summed E-state index contributed by atoms with van der Waals surface area (Å²) in [7, 11) is 0.586. The van der Waals surface area contributed by atoms with Crippen molar-refractivity contribution < 1.29 is 14.6 Å². The predicted octanol–water partition coefficient (Wildman–Crippen LogP) is 3.58. The zero-order chi connectivity index (χ0) is 23.2. The standard InChI is InChI=1S/C21H32BrN5O4Si/c1-25-19(28)17-16(22)11-26(12-31-7-8-32(2,3)4)18(17)24-20(25)27-14-5-6-15(27)10-13(9-14)23-21(29)30/h11,13-15,23H,5-10,12H2,1-4H3,(H,29,30)/t13?,14-,15+. The van der Waals surface area contributed by atoms with E-state index in [2.05, 4.69) is 45.8 Å². The number of carbonyl (C=O) groups is 1. The highest BCUT2D eigenvalue weighted by Crippen LogP contribution is 2.39. The normalized spacial score (nSPS) is 23.2. The average molecular weight is 527 g/mol. The van der Waals surface area contributed by atoms with E-state index in [-0.39, 0.29) is 23.7 Å². The fourth-order valence-corrected chi connectivity index (χ4v) is 6.28. The summed E-state index contributed by atoms with van der Waals surface area (Å²) in [4.78, 5) is 31.5. The average Bonchev–Trinajstić information content (AvgIpc) is 3.13. The van der Waals surface area contributed by atoms with Crippen LogP contribution in [-0.2, 0) is 18.5 Å². The fraction of sp³-hybridized carbons (Fsp3) is 0.667. The number of rotatable bonds is 7. The fourth-order valence-electron chi connectivity index (χ4n) is 4.93. The van der Waals surface area contributed by atoms with Gasteiger partial charge in [-0.15, -0.1) is 0 Å². The lowest BCUT2D eigenvalue weighted by Crippen LogP contribution is -2.51. The summed E-state index contributed by atoms with van der Waals surface area (Å²) in [5.74, 6) is 0.651. The second kappa shape index (κ2) is 8.83. The SMILES string of the molecule is Cn1c(N2[C@@H]3CC[C@H]2CC(NC(=O)O)C3)nc2c(c(Br)cn2COCC[Si](C)(C)C)c1=O. The van der Waals surface area contributed by atoms with Crippen LogP contribution in [0.4, 0.5) is 10.7 Å². The van der Waals surface area contributed by atoms with E-state index < -0.39 is 14.2 Å². The molecule has 2 fully saturated rings. The molecule has 2 aliphatic heterocycles. The third-order valence-electron chi connectivity index (χ3n) is 6.55. The first kappa shape index (κ1) is 23.3. The number of piperidine rings is 1. The number of ether oxygens (including phenoxy) is 1. The molecule has 2 N–H and O–H groups in total. The van der Waals surface area contributed by atoms with E-state index >= 15 is 0 Å². The highest BCUT2D eigenvalue weighted by Gasteiger charge is 2.43. The second-order valence-corrected chi connectivity index (χ2v) is 16.7. The Bertz CT molecular complexity index is 1060. The highest BCUT2D eigenvalue weighted by molar-refractivity contribution is 9.10. The molecule has 2 aromatic rings. The van der Waals surface area contributed by atoms with Gasteiger partial charge >= 0.3 is 6.09 Å². The Morgan fingerprint density at radius 3 is 2.56 bits per heavy atom. The quantitative estimate of drug-likeness (QED) is 0.423. The molecule has 32 heavy (non-hydrogen) atoms. The molecule has 2 aliphatic rings. The lowest BCUT2D eigenvalue weighted by molar-refractivity contribution is 0.0898. The maximum Gasteiger partial charge on any atom is 0.404 e. The van der Waals surface area contributed by atoms with Gasteiger partial charge in [-0.3, -0.25) is 9.36 Å². The highest BCUT2D eigenvalue weighted by atomic mass is 79.9. The van der Waals surface area contributed by atoms with Gasteiger partial charge in [0.2, 0.25) is 5.95 Å². The first-order valence-electron chi connectivity index (χ1n) is 11.2. The molecule has 11 heteroatoms. The number of nitrogens with zero attached hydrogens (tertiary/aromatic N) is 4. The summed E-state index contributed by atoms with van der Waals surface area (Å²) in [5.41, 5.74) is 0.524. The lowest BCUT2D eigenvalue weighted by Gasteiger charge is -2.40. The van der Waals surface area contributed by atoms with Crippen LogP contribution in [-0.4, -0.2) is 58.1 Å². The van der Waals surface area contributed by atoms with Crippen LogP contribution in [0.1, 0.15) is 25.7 Å². The molecular formula is C21H32BrN5O4Si. The molecule has 4 rings (SSSR count). The molecule has 0 saturated carbocycles. The van der Waals surface area contributed by atoms with E-state index in [4.69, 9.17) is 14.8 Å². The van der Waals surface area contributed by atoms with Crippen LogP contribution >= 0.6 is 15.9 Å². The molecule has 9 nitrogen and oxygen atoms in total. The van der Waals surface area contributed by atoms with E-state index in [9.17, 15) is 9.59 Å². The smallest absolute Gasteiger partial charge is 0.404 e. The number of nitrogens with one attached hydrogen (secondary N) is 1. The number of anilines is 1. The van der Waals surface area contributed by atoms with Crippen LogP contribution in [0.15, 0.2) is 15.5 Å². The van der Waals surface area contributed by atoms with Gasteiger partial charge in [0.15, 0.2) is 5.65 Å². The van der Waals surface area contributed by atoms with Gasteiger partial charge in [0, 0.05) is 46.1 Å². The number of carboxylic acid groups (broad SMARTS) is 1. The molecule has 1 amide bonds. The van der Waals surface area contributed by atoms with Gasteiger partial charge in [-0.2, -0.15) is 4.98 Å². The molecule has 2 saturated heterocycles. The van der Waals surface area contributed by atoms with Crippen molar-refractivity contribution in [2.24, 2.45) is 7.05 Å². The molecule has 0 aromatic carbocycles. The number of hydrogen-bond acceptors (Lipinski definition) is 5. The van der Waals surface area contributed by atoms with Crippen LogP contribution in [0, 0.1) is 0 Å². The maximum absolute atomic E-state index is 13.3. The molecule has 0 aliphatic carbocycles. The predicted molar refractivity (Wildman–Crippen MR) is 130 cm³/mol. The number of amides is 1. The van der Waals surface area contributed by atoms with Crippen LogP contribution in [0.3, 0.4) is 0 Å². The molecule has 0 radical (unpaired) electrons. The largest absolute Gasteiger partial charge is 0.465 e. The summed E-state index contributed by atoms with van der Waals surface area (Å²) in [5, 5.41) is 12.3. The topological polar surface area (TPSA) is 102 Å². The monoisotopic (exact) mass is 525 g/mol. The van der Waals surface area contributed by atoms with Gasteiger partial charge < -0.3 is 24.6 Å². The number of aromatic nitrogens is 3. The van der Waals surface area contributed by atoms with Gasteiger partial charge in [0.1, 0.15) is 6.73 Å². The summed E-state index contributed by atoms with van der Waals surface area (Å²) in [6.45, 7) is 8.00. The summed E-state index contributed by atoms with van der Waals surface area (Å²) in [6.07, 6.45) is 4.28. The van der Waals surface area contributed by atoms with Gasteiger partial charge in [0.25, 0.3) is 5.56 Å². The second-order valence-electron chi connectivity index (χ2n) is 10.2. The van der Waals surface area contributed by atoms with Gasteiger partial charge in [-0.1, -0.05) is 19.6 Å². The summed E-state index contributed by atoms with van der Waals surface area (Å²) < 4.78 is 10.2. The Morgan fingerprint density at radius 1 is 1.31 bits per heavy atom. The lowest BCUT2D eigenvalue weighted by atomic mass is 9.98. The van der Waals surface area contributed by atoms with Crippen molar-refractivity contribution in [3.8, 4) is 0 Å². The van der Waals surface area contributed by atoms with Crippen molar-refractivity contribution in [2.45, 2.75) is 76.2 Å². The van der Waals surface area contributed by atoms with Crippen LogP contribution < -0.4 is 15.8 Å². The van der Waals surface area contributed by atoms with E-state index in [0.717, 1.165) is 31.7 Å². The molecule has 1 unspecified atom stereocenters. The van der Waals surface area contributed by atoms with Crippen LogP contribution in [0.25, 0.3) is 11.0 Å².